The van der Waals surface area contributed by atoms with Crippen LogP contribution in [-0.4, -0.2) is 25.1 Å². The minimum absolute atomic E-state index is 0.409. The average Bonchev–Trinajstić information content (AvgIpc) is 2.24. The second-order valence-electron chi connectivity index (χ2n) is 4.39. The summed E-state index contributed by atoms with van der Waals surface area (Å²) in [7, 11) is 1.39. The molecule has 100 valence electrons. The molecule has 5 heteroatoms. The van der Waals surface area contributed by atoms with Gasteiger partial charge in [0.1, 0.15) is 0 Å². The smallest absolute Gasteiger partial charge is 0.325 e. The molecule has 1 rings (SSSR count). The maximum Gasteiger partial charge on any atom is 0.449 e. The molecule has 0 aliphatic carbocycles. The summed E-state index contributed by atoms with van der Waals surface area (Å²) in [6, 6.07) is 6.52. The lowest BCUT2D eigenvalue weighted by Gasteiger charge is -2.25. The average molecular weight is 258 g/mol. The van der Waals surface area contributed by atoms with Crippen molar-refractivity contribution in [2.75, 3.05) is 11.9 Å². The number of aryl methyl sites for hydroxylation is 1. The number of benzene rings is 1. The van der Waals surface area contributed by atoms with E-state index >= 15 is 0 Å². The Morgan fingerprint density at radius 1 is 1.22 bits per heavy atom. The van der Waals surface area contributed by atoms with Gasteiger partial charge in [0, 0.05) is 18.8 Å². The maximum atomic E-state index is 13.0. The molecule has 2 nitrogen and oxygen atoms in total. The van der Waals surface area contributed by atoms with Crippen LogP contribution in [0.3, 0.4) is 0 Å². The third-order valence-electron chi connectivity index (χ3n) is 2.43. The molecule has 0 spiro atoms. The Morgan fingerprint density at radius 3 is 2.22 bits per heavy atom. The lowest BCUT2D eigenvalue weighted by atomic mass is 10.2. The number of rotatable bonds is 2. The van der Waals surface area contributed by atoms with Crippen molar-refractivity contribution >= 4 is 11.5 Å². The molecule has 0 saturated heterocycles. The summed E-state index contributed by atoms with van der Waals surface area (Å²) in [4.78, 5) is 4.78. The molecular formula is C13H17F3N2. The van der Waals surface area contributed by atoms with Crippen LogP contribution in [-0.2, 0) is 0 Å². The minimum Gasteiger partial charge on any atom is -0.325 e. The van der Waals surface area contributed by atoms with Gasteiger partial charge >= 0.3 is 6.18 Å². The van der Waals surface area contributed by atoms with Crippen LogP contribution in [0.15, 0.2) is 29.3 Å². The zero-order valence-corrected chi connectivity index (χ0v) is 10.9. The van der Waals surface area contributed by atoms with E-state index < -0.39 is 18.1 Å². The second kappa shape index (κ2) is 5.42. The Bertz CT molecular complexity index is 436. The minimum atomic E-state index is -4.46. The Labute approximate surface area is 105 Å². The number of halogens is 3. The van der Waals surface area contributed by atoms with Crippen molar-refractivity contribution in [3.8, 4) is 0 Å². The lowest BCUT2D eigenvalue weighted by molar-refractivity contribution is -0.0603. The van der Waals surface area contributed by atoms with Crippen molar-refractivity contribution in [3.05, 3.63) is 29.8 Å². The van der Waals surface area contributed by atoms with Crippen LogP contribution in [0.2, 0.25) is 0 Å². The van der Waals surface area contributed by atoms with E-state index in [1.54, 1.807) is 45.0 Å². The summed E-state index contributed by atoms with van der Waals surface area (Å²) in [6.45, 7) is 5.02. The molecule has 18 heavy (non-hydrogen) atoms. The molecule has 0 atom stereocenters. The topological polar surface area (TPSA) is 15.6 Å². The first-order valence-electron chi connectivity index (χ1n) is 5.68. The first kappa shape index (κ1) is 14.5. The quantitative estimate of drug-likeness (QED) is 0.582. The summed E-state index contributed by atoms with van der Waals surface area (Å²) >= 11 is 0. The highest BCUT2D eigenvalue weighted by Crippen LogP contribution is 2.26. The van der Waals surface area contributed by atoms with E-state index in [9.17, 15) is 13.2 Å². The highest BCUT2D eigenvalue weighted by molar-refractivity contribution is 6.01. The fraction of sp³-hybridized carbons (Fsp3) is 0.462. The Morgan fingerprint density at radius 2 is 1.78 bits per heavy atom. The molecule has 0 heterocycles. The van der Waals surface area contributed by atoms with E-state index in [1.165, 1.54) is 7.05 Å². The third kappa shape index (κ3) is 3.48. The zero-order valence-electron chi connectivity index (χ0n) is 10.9. The van der Waals surface area contributed by atoms with E-state index in [0.717, 1.165) is 10.5 Å². The van der Waals surface area contributed by atoms with E-state index in [4.69, 9.17) is 0 Å². The highest BCUT2D eigenvalue weighted by atomic mass is 19.4. The molecule has 0 unspecified atom stereocenters. The third-order valence-corrected chi connectivity index (χ3v) is 2.43. The van der Waals surface area contributed by atoms with E-state index in [2.05, 4.69) is 4.99 Å². The van der Waals surface area contributed by atoms with Gasteiger partial charge in [-0.15, -0.1) is 0 Å². The lowest BCUT2D eigenvalue weighted by Crippen LogP contribution is -2.40. The highest BCUT2D eigenvalue weighted by Gasteiger charge is 2.39. The maximum absolute atomic E-state index is 13.0. The zero-order chi connectivity index (χ0) is 13.9. The van der Waals surface area contributed by atoms with Gasteiger partial charge in [0.15, 0.2) is 0 Å². The summed E-state index contributed by atoms with van der Waals surface area (Å²) in [5.41, 5.74) is 1.29. The predicted molar refractivity (Wildman–Crippen MR) is 68.2 cm³/mol. The predicted octanol–water partition coefficient (Wildman–Crippen LogP) is 3.80. The van der Waals surface area contributed by atoms with Crippen LogP contribution in [0, 0.1) is 6.92 Å². The van der Waals surface area contributed by atoms with Crippen molar-refractivity contribution in [2.24, 2.45) is 4.99 Å². The number of aliphatic imine (C=N–C) groups is 1. The van der Waals surface area contributed by atoms with Gasteiger partial charge in [0.05, 0.1) is 0 Å². The van der Waals surface area contributed by atoms with Crippen LogP contribution in [0.4, 0.5) is 18.9 Å². The van der Waals surface area contributed by atoms with E-state index in [0.29, 0.717) is 5.69 Å². The van der Waals surface area contributed by atoms with E-state index in [1.807, 2.05) is 0 Å². The standard InChI is InChI=1S/C13H17F3N2/c1-9(2)17-12(13(14,15)16)18(4)11-8-6-5-7-10(11)3/h5-9H,1-4H3/b17-12+. The van der Waals surface area contributed by atoms with Crippen LogP contribution < -0.4 is 4.90 Å². The second-order valence-corrected chi connectivity index (χ2v) is 4.39. The van der Waals surface area contributed by atoms with Gasteiger partial charge in [0.2, 0.25) is 5.84 Å². The monoisotopic (exact) mass is 258 g/mol. The molecule has 0 fully saturated rings. The molecular weight excluding hydrogens is 241 g/mol. The molecule has 1 aromatic carbocycles. The Hall–Kier alpha value is -1.52. The van der Waals surface area contributed by atoms with Gasteiger partial charge in [-0.25, -0.2) is 0 Å². The van der Waals surface area contributed by atoms with Crippen LogP contribution in [0.5, 0.6) is 0 Å². The normalized spacial score (nSPS) is 13.0. The largest absolute Gasteiger partial charge is 0.449 e. The summed E-state index contributed by atoms with van der Waals surface area (Å²) in [5.74, 6) is -0.869. The number of hydrogen-bond acceptors (Lipinski definition) is 1. The van der Waals surface area contributed by atoms with Crippen molar-refractivity contribution in [1.29, 1.82) is 0 Å². The number of hydrogen-bond donors (Lipinski definition) is 0. The molecule has 0 bridgehead atoms. The van der Waals surface area contributed by atoms with Gasteiger partial charge in [-0.3, -0.25) is 4.99 Å². The molecule has 0 radical (unpaired) electrons. The van der Waals surface area contributed by atoms with Gasteiger partial charge < -0.3 is 4.90 Å². The molecule has 0 amide bonds. The van der Waals surface area contributed by atoms with Gasteiger partial charge in [-0.2, -0.15) is 13.2 Å². The van der Waals surface area contributed by atoms with Gasteiger partial charge in [0.25, 0.3) is 0 Å². The SMILES string of the molecule is Cc1ccccc1N(C)/C(=N/C(C)C)C(F)(F)F. The Kier molecular flexibility index (Phi) is 4.38. The summed E-state index contributed by atoms with van der Waals surface area (Å²) in [5, 5.41) is 0. The van der Waals surface area contributed by atoms with Crippen molar-refractivity contribution in [2.45, 2.75) is 33.0 Å². The molecule has 0 N–H and O–H groups in total. The molecule has 0 aliphatic heterocycles. The van der Waals surface area contributed by atoms with Crippen molar-refractivity contribution in [1.82, 2.24) is 0 Å². The number of amidine groups is 1. The number of alkyl halides is 3. The summed E-state index contributed by atoms with van der Waals surface area (Å²) < 4.78 is 38.9. The van der Waals surface area contributed by atoms with Gasteiger partial charge in [-0.05, 0) is 32.4 Å². The summed E-state index contributed by atoms with van der Waals surface area (Å²) in [6.07, 6.45) is -4.46. The molecule has 0 saturated carbocycles. The Balaban J connectivity index is 3.20. The van der Waals surface area contributed by atoms with Crippen molar-refractivity contribution in [3.63, 3.8) is 0 Å². The van der Waals surface area contributed by atoms with Crippen LogP contribution in [0.25, 0.3) is 0 Å². The van der Waals surface area contributed by atoms with Crippen LogP contribution in [0.1, 0.15) is 19.4 Å². The fourth-order valence-electron chi connectivity index (χ4n) is 1.65. The van der Waals surface area contributed by atoms with Gasteiger partial charge in [-0.1, -0.05) is 18.2 Å². The van der Waals surface area contributed by atoms with E-state index in [-0.39, 0.29) is 0 Å². The number of anilines is 1. The number of para-hydroxylation sites is 1. The first-order valence-corrected chi connectivity index (χ1v) is 5.68. The first-order chi connectivity index (χ1) is 8.23. The number of nitrogens with zero attached hydrogens (tertiary/aromatic N) is 2. The fourth-order valence-corrected chi connectivity index (χ4v) is 1.65. The molecule has 0 aromatic heterocycles. The molecule has 1 aromatic rings. The van der Waals surface area contributed by atoms with Crippen LogP contribution >= 0.6 is 0 Å². The molecule has 0 aliphatic rings. The van der Waals surface area contributed by atoms with Crippen molar-refractivity contribution < 1.29 is 13.2 Å².